The third kappa shape index (κ3) is 1.51. The zero-order valence-electron chi connectivity index (χ0n) is 10.2. The van der Waals surface area contributed by atoms with Gasteiger partial charge in [0.2, 0.25) is 0 Å². The molecule has 0 spiro atoms. The maximum absolute atomic E-state index is 13.0. The molecule has 0 unspecified atom stereocenters. The lowest BCUT2D eigenvalue weighted by Crippen LogP contribution is -1.96. The molecule has 0 bridgehead atoms. The van der Waals surface area contributed by atoms with Crippen LogP contribution < -0.4 is 5.73 Å². The number of halogens is 1. The first-order valence-corrected chi connectivity index (χ1v) is 7.10. The predicted molar refractivity (Wildman–Crippen MR) is 74.9 cm³/mol. The smallest absolute Gasteiger partial charge is 0.196 e. The van der Waals surface area contributed by atoms with Crippen LogP contribution in [0.25, 0.3) is 16.2 Å². The van der Waals surface area contributed by atoms with Gasteiger partial charge in [-0.25, -0.2) is 9.37 Å². The van der Waals surface area contributed by atoms with Crippen LogP contribution in [0.3, 0.4) is 0 Å². The molecule has 0 amide bonds. The van der Waals surface area contributed by atoms with Crippen molar-refractivity contribution in [1.82, 2.24) is 9.38 Å². The topological polar surface area (TPSA) is 43.3 Å². The number of anilines is 1. The van der Waals surface area contributed by atoms with Gasteiger partial charge in [-0.1, -0.05) is 0 Å². The Bertz CT molecular complexity index is 770. The van der Waals surface area contributed by atoms with E-state index < -0.39 is 0 Å². The third-order valence-electron chi connectivity index (χ3n) is 3.62. The highest BCUT2D eigenvalue weighted by molar-refractivity contribution is 7.17. The molecule has 0 aliphatic heterocycles. The molecule has 96 valence electrons. The van der Waals surface area contributed by atoms with Gasteiger partial charge in [0.25, 0.3) is 0 Å². The Morgan fingerprint density at radius 2 is 2.00 bits per heavy atom. The van der Waals surface area contributed by atoms with Crippen LogP contribution in [0.2, 0.25) is 0 Å². The summed E-state index contributed by atoms with van der Waals surface area (Å²) in [5, 5.41) is 0. The van der Waals surface area contributed by atoms with E-state index in [1.165, 1.54) is 29.1 Å². The summed E-state index contributed by atoms with van der Waals surface area (Å²) < 4.78 is 15.0. The highest BCUT2D eigenvalue weighted by atomic mass is 32.1. The maximum atomic E-state index is 13.0. The number of nitrogens with zero attached hydrogens (tertiary/aromatic N) is 2. The van der Waals surface area contributed by atoms with Crippen LogP contribution in [-0.2, 0) is 12.8 Å². The number of rotatable bonds is 1. The highest BCUT2D eigenvalue weighted by Crippen LogP contribution is 2.36. The van der Waals surface area contributed by atoms with Crippen molar-refractivity contribution < 1.29 is 4.39 Å². The lowest BCUT2D eigenvalue weighted by Gasteiger charge is -2.00. The largest absolute Gasteiger partial charge is 0.383 e. The van der Waals surface area contributed by atoms with E-state index in [-0.39, 0.29) is 5.82 Å². The molecule has 0 fully saturated rings. The maximum Gasteiger partial charge on any atom is 0.196 e. The van der Waals surface area contributed by atoms with E-state index in [4.69, 9.17) is 5.73 Å². The van der Waals surface area contributed by atoms with Crippen molar-refractivity contribution in [1.29, 1.82) is 0 Å². The summed E-state index contributed by atoms with van der Waals surface area (Å²) in [5.41, 5.74) is 9.16. The molecule has 0 atom stereocenters. The van der Waals surface area contributed by atoms with Crippen molar-refractivity contribution >= 4 is 22.1 Å². The van der Waals surface area contributed by atoms with Crippen LogP contribution in [0.15, 0.2) is 24.3 Å². The van der Waals surface area contributed by atoms with Crippen molar-refractivity contribution in [3.8, 4) is 11.3 Å². The van der Waals surface area contributed by atoms with Crippen molar-refractivity contribution in [3.63, 3.8) is 0 Å². The molecule has 3 aromatic rings. The zero-order chi connectivity index (χ0) is 13.0. The van der Waals surface area contributed by atoms with Crippen LogP contribution >= 0.6 is 11.3 Å². The normalized spacial score (nSPS) is 14.2. The third-order valence-corrected chi connectivity index (χ3v) is 4.77. The van der Waals surface area contributed by atoms with Crippen LogP contribution in [-0.4, -0.2) is 9.38 Å². The SMILES string of the molecule is Nc1c(-c2ccc(F)cc2)nc2sc3c(n12)CCC3. The first-order chi connectivity index (χ1) is 9.24. The van der Waals surface area contributed by atoms with Gasteiger partial charge >= 0.3 is 0 Å². The Hall–Kier alpha value is -1.88. The molecule has 1 aromatic carbocycles. The fourth-order valence-electron chi connectivity index (χ4n) is 2.72. The summed E-state index contributed by atoms with van der Waals surface area (Å²) >= 11 is 1.72. The van der Waals surface area contributed by atoms with Gasteiger partial charge < -0.3 is 5.73 Å². The number of nitrogens with two attached hydrogens (primary N) is 1. The van der Waals surface area contributed by atoms with Crippen molar-refractivity contribution in [2.24, 2.45) is 0 Å². The summed E-state index contributed by atoms with van der Waals surface area (Å²) in [7, 11) is 0. The average Bonchev–Trinajstić information content (AvgIpc) is 3.03. The quantitative estimate of drug-likeness (QED) is 0.739. The fourth-order valence-corrected chi connectivity index (χ4v) is 3.93. The molecule has 4 rings (SSSR count). The number of thiazole rings is 1. The van der Waals surface area contributed by atoms with E-state index in [0.717, 1.165) is 29.1 Å². The second kappa shape index (κ2) is 3.81. The molecular formula is C14H12FN3S. The van der Waals surface area contributed by atoms with Gasteiger partial charge in [-0.2, -0.15) is 0 Å². The van der Waals surface area contributed by atoms with E-state index in [1.54, 1.807) is 23.5 Å². The summed E-state index contributed by atoms with van der Waals surface area (Å²) in [5.74, 6) is 0.422. The average molecular weight is 273 g/mol. The van der Waals surface area contributed by atoms with Crippen molar-refractivity contribution in [2.45, 2.75) is 19.3 Å². The van der Waals surface area contributed by atoms with Crippen LogP contribution in [0.1, 0.15) is 17.0 Å². The summed E-state index contributed by atoms with van der Waals surface area (Å²) in [6.45, 7) is 0. The number of aromatic nitrogens is 2. The second-order valence-corrected chi connectivity index (χ2v) is 5.86. The molecule has 2 aromatic heterocycles. The van der Waals surface area contributed by atoms with Gasteiger partial charge in [0.15, 0.2) is 4.96 Å². The first-order valence-electron chi connectivity index (χ1n) is 6.28. The number of hydrogen-bond acceptors (Lipinski definition) is 3. The minimum atomic E-state index is -0.246. The summed E-state index contributed by atoms with van der Waals surface area (Å²) in [6, 6.07) is 6.32. The van der Waals surface area contributed by atoms with Gasteiger partial charge in [0.1, 0.15) is 17.3 Å². The fraction of sp³-hybridized carbons (Fsp3) is 0.214. The molecule has 0 radical (unpaired) electrons. The Kier molecular flexibility index (Phi) is 2.20. The predicted octanol–water partition coefficient (Wildman–Crippen LogP) is 3.27. The molecule has 2 heterocycles. The van der Waals surface area contributed by atoms with Gasteiger partial charge in [0, 0.05) is 16.1 Å². The van der Waals surface area contributed by atoms with Crippen LogP contribution in [0.5, 0.6) is 0 Å². The molecule has 1 aliphatic rings. The molecule has 2 N–H and O–H groups in total. The van der Waals surface area contributed by atoms with E-state index in [1.807, 2.05) is 0 Å². The van der Waals surface area contributed by atoms with E-state index in [2.05, 4.69) is 9.38 Å². The second-order valence-electron chi connectivity index (χ2n) is 4.80. The molecule has 0 saturated carbocycles. The van der Waals surface area contributed by atoms with E-state index >= 15 is 0 Å². The molecule has 19 heavy (non-hydrogen) atoms. The lowest BCUT2D eigenvalue weighted by atomic mass is 10.1. The number of hydrogen-bond donors (Lipinski definition) is 1. The number of nitrogen functional groups attached to an aromatic ring is 1. The highest BCUT2D eigenvalue weighted by Gasteiger charge is 2.22. The number of imidazole rings is 1. The Labute approximate surface area is 113 Å². The molecule has 5 heteroatoms. The van der Waals surface area contributed by atoms with Crippen molar-refractivity contribution in [3.05, 3.63) is 40.7 Å². The molecule has 0 saturated heterocycles. The zero-order valence-corrected chi connectivity index (χ0v) is 11.0. The van der Waals surface area contributed by atoms with Gasteiger partial charge in [-0.05, 0) is 43.5 Å². The Balaban J connectivity index is 1.94. The Morgan fingerprint density at radius 1 is 1.21 bits per heavy atom. The van der Waals surface area contributed by atoms with E-state index in [0.29, 0.717) is 5.82 Å². The summed E-state index contributed by atoms with van der Waals surface area (Å²) in [6.07, 6.45) is 3.40. The van der Waals surface area contributed by atoms with Crippen LogP contribution in [0, 0.1) is 5.82 Å². The van der Waals surface area contributed by atoms with Crippen molar-refractivity contribution in [2.75, 3.05) is 5.73 Å². The molecular weight excluding hydrogens is 261 g/mol. The van der Waals surface area contributed by atoms with Gasteiger partial charge in [-0.3, -0.25) is 4.40 Å². The minimum Gasteiger partial charge on any atom is -0.383 e. The molecule has 3 nitrogen and oxygen atoms in total. The number of aryl methyl sites for hydroxylation is 2. The molecule has 1 aliphatic carbocycles. The minimum absolute atomic E-state index is 0.246. The summed E-state index contributed by atoms with van der Waals surface area (Å²) in [4.78, 5) is 6.96. The van der Waals surface area contributed by atoms with Gasteiger partial charge in [0.05, 0.1) is 0 Å². The lowest BCUT2D eigenvalue weighted by molar-refractivity contribution is 0.628. The number of benzene rings is 1. The Morgan fingerprint density at radius 3 is 2.79 bits per heavy atom. The number of fused-ring (bicyclic) bond motifs is 3. The first kappa shape index (κ1) is 11.0. The monoisotopic (exact) mass is 273 g/mol. The van der Waals surface area contributed by atoms with Gasteiger partial charge in [-0.15, -0.1) is 11.3 Å². The standard InChI is InChI=1S/C14H12FN3S/c15-9-6-4-8(5-7-9)12-13(16)18-10-2-1-3-11(10)19-14(18)17-12/h4-7H,1-3,16H2. The van der Waals surface area contributed by atoms with E-state index in [9.17, 15) is 4.39 Å². The van der Waals surface area contributed by atoms with Crippen LogP contribution in [0.4, 0.5) is 10.2 Å².